The third kappa shape index (κ3) is 4.82. The summed E-state index contributed by atoms with van der Waals surface area (Å²) in [7, 11) is 0. The number of hydrogen-bond donors (Lipinski definition) is 1. The number of hydrogen-bond acceptors (Lipinski definition) is 9. The number of nitro benzene ring substituents is 1. The molecule has 0 radical (unpaired) electrons. The molecule has 1 aromatic carbocycles. The fourth-order valence-corrected chi connectivity index (χ4v) is 2.76. The first-order valence-electron chi connectivity index (χ1n) is 8.15. The van der Waals surface area contributed by atoms with E-state index in [1.54, 1.807) is 37.4 Å². The number of carbonyl (C=O) groups excluding carboxylic acids is 1. The zero-order valence-corrected chi connectivity index (χ0v) is 15.5. The Kier molecular flexibility index (Phi) is 6.17. The SMILES string of the molecule is CCOc1ccc(NC(=O)CSc2nnc(-c3ccccn3)o2)c([N+](=O)[O-])c1. The highest BCUT2D eigenvalue weighted by Crippen LogP contribution is 2.29. The lowest BCUT2D eigenvalue weighted by Crippen LogP contribution is -2.15. The maximum Gasteiger partial charge on any atom is 0.296 e. The molecule has 2 heterocycles. The van der Waals surface area contributed by atoms with E-state index in [1.165, 1.54) is 12.1 Å². The van der Waals surface area contributed by atoms with Gasteiger partial charge >= 0.3 is 0 Å². The monoisotopic (exact) mass is 401 g/mol. The molecule has 28 heavy (non-hydrogen) atoms. The van der Waals surface area contributed by atoms with Gasteiger partial charge in [0.2, 0.25) is 5.91 Å². The van der Waals surface area contributed by atoms with Gasteiger partial charge in [-0.3, -0.25) is 19.9 Å². The molecule has 1 N–H and O–H groups in total. The van der Waals surface area contributed by atoms with Gasteiger partial charge in [-0.05, 0) is 31.2 Å². The van der Waals surface area contributed by atoms with Gasteiger partial charge in [0.05, 0.1) is 23.3 Å². The molecule has 0 aliphatic carbocycles. The number of benzene rings is 1. The number of thioether (sulfide) groups is 1. The summed E-state index contributed by atoms with van der Waals surface area (Å²) in [5.74, 6) is 0.0868. The Morgan fingerprint density at radius 1 is 1.32 bits per heavy atom. The average molecular weight is 401 g/mol. The molecule has 0 aliphatic rings. The van der Waals surface area contributed by atoms with Crippen molar-refractivity contribution >= 4 is 29.0 Å². The normalized spacial score (nSPS) is 10.5. The van der Waals surface area contributed by atoms with E-state index in [1.807, 2.05) is 0 Å². The molecule has 3 aromatic rings. The molecule has 0 aliphatic heterocycles. The van der Waals surface area contributed by atoms with Crippen LogP contribution in [0.4, 0.5) is 11.4 Å². The van der Waals surface area contributed by atoms with Crippen LogP contribution in [0.15, 0.2) is 52.2 Å². The van der Waals surface area contributed by atoms with E-state index in [-0.39, 0.29) is 28.2 Å². The molecule has 0 saturated carbocycles. The van der Waals surface area contributed by atoms with Crippen LogP contribution in [0.3, 0.4) is 0 Å². The molecule has 11 heteroatoms. The first-order valence-corrected chi connectivity index (χ1v) is 9.14. The minimum atomic E-state index is -0.581. The van der Waals surface area contributed by atoms with Crippen LogP contribution < -0.4 is 10.1 Å². The Morgan fingerprint density at radius 3 is 2.89 bits per heavy atom. The lowest BCUT2D eigenvalue weighted by atomic mass is 10.2. The highest BCUT2D eigenvalue weighted by Gasteiger charge is 2.18. The van der Waals surface area contributed by atoms with Crippen LogP contribution in [0.1, 0.15) is 6.92 Å². The molecular formula is C17H15N5O5S. The molecule has 3 rings (SSSR count). The Labute approximate surface area is 163 Å². The maximum absolute atomic E-state index is 12.2. The second-order valence-corrected chi connectivity index (χ2v) is 6.22. The zero-order valence-electron chi connectivity index (χ0n) is 14.7. The molecule has 144 valence electrons. The summed E-state index contributed by atoms with van der Waals surface area (Å²) in [4.78, 5) is 26.9. The number of pyridine rings is 1. The van der Waals surface area contributed by atoms with Gasteiger partial charge in [-0.15, -0.1) is 10.2 Å². The number of ether oxygens (including phenoxy) is 1. The van der Waals surface area contributed by atoms with Crippen LogP contribution >= 0.6 is 11.8 Å². The van der Waals surface area contributed by atoms with Crippen LogP contribution in [0, 0.1) is 10.1 Å². The van der Waals surface area contributed by atoms with Crippen molar-refractivity contribution in [3.63, 3.8) is 0 Å². The summed E-state index contributed by atoms with van der Waals surface area (Å²) in [6.45, 7) is 2.15. The predicted octanol–water partition coefficient (Wildman–Crippen LogP) is 3.17. The van der Waals surface area contributed by atoms with Crippen molar-refractivity contribution in [3.05, 3.63) is 52.7 Å². The van der Waals surface area contributed by atoms with Crippen molar-refractivity contribution in [2.75, 3.05) is 17.7 Å². The maximum atomic E-state index is 12.2. The lowest BCUT2D eigenvalue weighted by Gasteiger charge is -2.07. The van der Waals surface area contributed by atoms with Crippen molar-refractivity contribution in [3.8, 4) is 17.3 Å². The summed E-state index contributed by atoms with van der Waals surface area (Å²) < 4.78 is 10.7. The smallest absolute Gasteiger partial charge is 0.296 e. The van der Waals surface area contributed by atoms with E-state index in [0.29, 0.717) is 18.1 Å². The Hall–Kier alpha value is -3.47. The highest BCUT2D eigenvalue weighted by atomic mass is 32.2. The van der Waals surface area contributed by atoms with Crippen LogP contribution in [-0.2, 0) is 4.79 Å². The summed E-state index contributed by atoms with van der Waals surface area (Å²) in [5.41, 5.74) is 0.356. The summed E-state index contributed by atoms with van der Waals surface area (Å²) >= 11 is 1.01. The second-order valence-electron chi connectivity index (χ2n) is 5.29. The summed E-state index contributed by atoms with van der Waals surface area (Å²) in [5, 5.41) is 21.7. The van der Waals surface area contributed by atoms with Crippen molar-refractivity contribution in [2.45, 2.75) is 12.1 Å². The number of aromatic nitrogens is 3. The molecule has 0 saturated heterocycles. The van der Waals surface area contributed by atoms with E-state index in [2.05, 4.69) is 20.5 Å². The quantitative estimate of drug-likeness (QED) is 0.343. The van der Waals surface area contributed by atoms with Crippen molar-refractivity contribution < 1.29 is 18.9 Å². The Balaban J connectivity index is 1.62. The first-order chi connectivity index (χ1) is 13.6. The van der Waals surface area contributed by atoms with Crippen LogP contribution in [-0.4, -0.2) is 38.4 Å². The molecular weight excluding hydrogens is 386 g/mol. The van der Waals surface area contributed by atoms with Crippen molar-refractivity contribution in [2.24, 2.45) is 0 Å². The molecule has 0 atom stereocenters. The van der Waals surface area contributed by atoms with E-state index in [4.69, 9.17) is 9.15 Å². The number of amides is 1. The van der Waals surface area contributed by atoms with E-state index in [0.717, 1.165) is 11.8 Å². The van der Waals surface area contributed by atoms with E-state index in [9.17, 15) is 14.9 Å². The fraction of sp³-hybridized carbons (Fsp3) is 0.176. The van der Waals surface area contributed by atoms with Crippen molar-refractivity contribution in [1.82, 2.24) is 15.2 Å². The van der Waals surface area contributed by atoms with Gasteiger partial charge in [0.1, 0.15) is 17.1 Å². The molecule has 0 bridgehead atoms. The molecule has 0 fully saturated rings. The van der Waals surface area contributed by atoms with Gasteiger partial charge in [-0.1, -0.05) is 17.8 Å². The third-order valence-electron chi connectivity index (χ3n) is 3.37. The number of rotatable bonds is 8. The highest BCUT2D eigenvalue weighted by molar-refractivity contribution is 7.99. The van der Waals surface area contributed by atoms with Gasteiger partial charge in [-0.2, -0.15) is 0 Å². The number of carbonyl (C=O) groups is 1. The third-order valence-corrected chi connectivity index (χ3v) is 4.19. The Morgan fingerprint density at radius 2 is 2.18 bits per heavy atom. The Bertz CT molecular complexity index is 979. The molecule has 1 amide bonds. The lowest BCUT2D eigenvalue weighted by molar-refractivity contribution is -0.384. The van der Waals surface area contributed by atoms with Gasteiger partial charge in [0.25, 0.3) is 16.8 Å². The minimum Gasteiger partial charge on any atom is -0.494 e. The number of nitro groups is 1. The zero-order chi connectivity index (χ0) is 19.9. The number of nitrogens with one attached hydrogen (secondary N) is 1. The topological polar surface area (TPSA) is 133 Å². The van der Waals surface area contributed by atoms with E-state index < -0.39 is 10.8 Å². The summed E-state index contributed by atoms with van der Waals surface area (Å²) in [6.07, 6.45) is 1.60. The average Bonchev–Trinajstić information content (AvgIpc) is 3.17. The van der Waals surface area contributed by atoms with Crippen LogP contribution in [0.5, 0.6) is 5.75 Å². The molecule has 0 spiro atoms. The predicted molar refractivity (Wildman–Crippen MR) is 101 cm³/mol. The fourth-order valence-electron chi connectivity index (χ4n) is 2.20. The summed E-state index contributed by atoms with van der Waals surface area (Å²) in [6, 6.07) is 9.52. The van der Waals surface area contributed by atoms with Crippen molar-refractivity contribution in [1.29, 1.82) is 0 Å². The van der Waals surface area contributed by atoms with Crippen LogP contribution in [0.2, 0.25) is 0 Å². The van der Waals surface area contributed by atoms with Crippen LogP contribution in [0.25, 0.3) is 11.6 Å². The number of nitrogens with zero attached hydrogens (tertiary/aromatic N) is 4. The molecule has 0 unspecified atom stereocenters. The first kappa shape index (κ1) is 19.3. The minimum absolute atomic E-state index is 0.0613. The van der Waals surface area contributed by atoms with Gasteiger partial charge in [-0.25, -0.2) is 0 Å². The molecule has 2 aromatic heterocycles. The standard InChI is InChI=1S/C17H15N5O5S/c1-2-26-11-6-7-12(14(9-11)22(24)25)19-15(23)10-28-17-21-20-16(27-17)13-5-3-4-8-18-13/h3-9H,2,10H2,1H3,(H,19,23). The van der Waals surface area contributed by atoms with Gasteiger partial charge in [0.15, 0.2) is 0 Å². The second kappa shape index (κ2) is 8.95. The largest absolute Gasteiger partial charge is 0.494 e. The molecule has 10 nitrogen and oxygen atoms in total. The van der Waals surface area contributed by atoms with Gasteiger partial charge < -0.3 is 14.5 Å². The van der Waals surface area contributed by atoms with Gasteiger partial charge in [0, 0.05) is 6.20 Å². The van der Waals surface area contributed by atoms with E-state index >= 15 is 0 Å². The number of anilines is 1.